The first-order chi connectivity index (χ1) is 13.3. The molecule has 1 heterocycles. The monoisotopic (exact) mass is 444 g/mol. The number of phenols is 1. The Labute approximate surface area is 168 Å². The number of carboxylic acid groups (broad SMARTS) is 1. The van der Waals surface area contributed by atoms with Crippen LogP contribution in [0.1, 0.15) is 21.6 Å². The lowest BCUT2D eigenvalue weighted by molar-refractivity contribution is -0.137. The molecule has 3 rings (SSSR count). The molecular formula is C20H17BrN2O5. The number of fused-ring (bicyclic) bond motifs is 1. The normalized spacial score (nSPS) is 10.8. The topological polar surface area (TPSA) is 109 Å². The van der Waals surface area contributed by atoms with Crippen LogP contribution in [0.3, 0.4) is 0 Å². The Kier molecular flexibility index (Phi) is 5.51. The number of carboxylic acids is 1. The van der Waals surface area contributed by atoms with Gasteiger partial charge in [-0.2, -0.15) is 0 Å². The predicted octanol–water partition coefficient (Wildman–Crippen LogP) is 2.85. The Balaban J connectivity index is 2.07. The van der Waals surface area contributed by atoms with E-state index in [9.17, 15) is 19.5 Å². The van der Waals surface area contributed by atoms with Crippen molar-refractivity contribution >= 4 is 44.6 Å². The highest BCUT2D eigenvalue weighted by molar-refractivity contribution is 9.10. The van der Waals surface area contributed by atoms with Crippen molar-refractivity contribution in [2.45, 2.75) is 13.3 Å². The van der Waals surface area contributed by atoms with E-state index in [2.05, 4.69) is 21.2 Å². The first kappa shape index (κ1) is 19.6. The molecule has 0 aliphatic carbocycles. The zero-order valence-corrected chi connectivity index (χ0v) is 16.5. The van der Waals surface area contributed by atoms with Gasteiger partial charge in [-0.25, -0.2) is 0 Å². The number of hydrogen-bond acceptors (Lipinski definition) is 4. The summed E-state index contributed by atoms with van der Waals surface area (Å²) in [7, 11) is 0. The Bertz CT molecular complexity index is 1090. The molecular weight excluding hydrogens is 428 g/mol. The quantitative estimate of drug-likeness (QED) is 0.560. The number of nitrogens with zero attached hydrogens (tertiary/aromatic N) is 1. The fourth-order valence-corrected chi connectivity index (χ4v) is 3.34. The van der Waals surface area contributed by atoms with Crippen LogP contribution in [0.5, 0.6) is 5.75 Å². The van der Waals surface area contributed by atoms with Gasteiger partial charge in [0.15, 0.2) is 0 Å². The van der Waals surface area contributed by atoms with Gasteiger partial charge in [0, 0.05) is 21.1 Å². The van der Waals surface area contributed by atoms with E-state index in [1.807, 2.05) is 0 Å². The second-order valence-electron chi connectivity index (χ2n) is 6.26. The number of benzene rings is 2. The molecule has 1 aromatic heterocycles. The third-order valence-corrected chi connectivity index (χ3v) is 4.92. The van der Waals surface area contributed by atoms with Crippen molar-refractivity contribution in [2.75, 3.05) is 6.54 Å². The van der Waals surface area contributed by atoms with Crippen LogP contribution in [0.4, 0.5) is 0 Å². The zero-order chi connectivity index (χ0) is 20.4. The molecule has 0 aliphatic heterocycles. The van der Waals surface area contributed by atoms with Crippen molar-refractivity contribution in [3.8, 4) is 5.75 Å². The van der Waals surface area contributed by atoms with Gasteiger partial charge >= 0.3 is 5.97 Å². The molecule has 8 heteroatoms. The smallest absolute Gasteiger partial charge is 0.322 e. The molecule has 144 valence electrons. The minimum absolute atomic E-state index is 0.00735. The van der Waals surface area contributed by atoms with Crippen LogP contribution in [-0.2, 0) is 16.0 Å². The van der Waals surface area contributed by atoms with E-state index in [0.717, 1.165) is 4.47 Å². The van der Waals surface area contributed by atoms with E-state index < -0.39 is 18.4 Å². The van der Waals surface area contributed by atoms with Gasteiger partial charge in [0.1, 0.15) is 12.3 Å². The summed E-state index contributed by atoms with van der Waals surface area (Å²) in [4.78, 5) is 35.9. The lowest BCUT2D eigenvalue weighted by Crippen LogP contribution is -2.30. The lowest BCUT2D eigenvalue weighted by Gasteiger charge is -2.08. The standard InChI is InChI=1S/C20H17BrN2O5/c1-11-15(9-18(25)22-10-19(26)27)16-8-14(24)6-7-17(16)23(11)20(28)12-2-4-13(21)5-3-12/h2-8,24H,9-10H2,1H3,(H,22,25)(H,26,27). The van der Waals surface area contributed by atoms with Gasteiger partial charge in [0.25, 0.3) is 5.91 Å². The number of aliphatic carboxylic acids is 1. The van der Waals surface area contributed by atoms with E-state index in [4.69, 9.17) is 5.11 Å². The first-order valence-corrected chi connectivity index (χ1v) is 9.19. The molecule has 7 nitrogen and oxygen atoms in total. The number of nitrogens with one attached hydrogen (secondary N) is 1. The second-order valence-corrected chi connectivity index (χ2v) is 7.18. The molecule has 0 saturated carbocycles. The summed E-state index contributed by atoms with van der Waals surface area (Å²) >= 11 is 3.34. The molecule has 1 amide bonds. The molecule has 0 bridgehead atoms. The summed E-state index contributed by atoms with van der Waals surface area (Å²) in [6, 6.07) is 11.5. The third-order valence-electron chi connectivity index (χ3n) is 4.39. The van der Waals surface area contributed by atoms with Gasteiger partial charge in [0.05, 0.1) is 11.9 Å². The van der Waals surface area contributed by atoms with Crippen molar-refractivity contribution in [2.24, 2.45) is 0 Å². The number of halogens is 1. The Morgan fingerprint density at radius 2 is 1.79 bits per heavy atom. The number of carbonyl (C=O) groups is 3. The van der Waals surface area contributed by atoms with Gasteiger partial charge < -0.3 is 15.5 Å². The number of phenolic OH excluding ortho intramolecular Hbond substituents is 1. The van der Waals surface area contributed by atoms with Crippen molar-refractivity contribution < 1.29 is 24.6 Å². The zero-order valence-electron chi connectivity index (χ0n) is 14.9. The number of rotatable bonds is 5. The van der Waals surface area contributed by atoms with Crippen LogP contribution >= 0.6 is 15.9 Å². The average Bonchev–Trinajstić information content (AvgIpc) is 2.91. The molecule has 2 aromatic carbocycles. The Morgan fingerprint density at radius 1 is 1.11 bits per heavy atom. The highest BCUT2D eigenvalue weighted by Crippen LogP contribution is 2.30. The molecule has 28 heavy (non-hydrogen) atoms. The summed E-state index contributed by atoms with van der Waals surface area (Å²) in [6.07, 6.45) is -0.111. The van der Waals surface area contributed by atoms with E-state index in [-0.39, 0.29) is 18.1 Å². The second kappa shape index (κ2) is 7.85. The molecule has 0 radical (unpaired) electrons. The average molecular weight is 445 g/mol. The number of hydrogen-bond donors (Lipinski definition) is 3. The van der Waals surface area contributed by atoms with Crippen molar-refractivity contribution in [1.29, 1.82) is 0 Å². The van der Waals surface area contributed by atoms with Crippen molar-refractivity contribution in [1.82, 2.24) is 9.88 Å². The molecule has 0 aliphatic rings. The molecule has 0 saturated heterocycles. The number of aromatic nitrogens is 1. The molecule has 0 atom stereocenters. The van der Waals surface area contributed by atoms with Crippen LogP contribution in [0.25, 0.3) is 10.9 Å². The van der Waals surface area contributed by atoms with Gasteiger partial charge in [-0.05, 0) is 55.0 Å². The lowest BCUT2D eigenvalue weighted by atomic mass is 10.1. The van der Waals surface area contributed by atoms with E-state index in [0.29, 0.717) is 27.7 Å². The van der Waals surface area contributed by atoms with Crippen LogP contribution in [0.15, 0.2) is 46.9 Å². The van der Waals surface area contributed by atoms with Crippen LogP contribution in [-0.4, -0.2) is 39.1 Å². The summed E-state index contributed by atoms with van der Waals surface area (Å²) in [5.74, 6) is -1.88. The molecule has 3 aromatic rings. The maximum absolute atomic E-state index is 13.1. The van der Waals surface area contributed by atoms with Crippen molar-refractivity contribution in [3.63, 3.8) is 0 Å². The molecule has 3 N–H and O–H groups in total. The van der Waals surface area contributed by atoms with Gasteiger partial charge in [-0.1, -0.05) is 15.9 Å². The maximum atomic E-state index is 13.1. The van der Waals surface area contributed by atoms with Crippen LogP contribution in [0.2, 0.25) is 0 Å². The Morgan fingerprint density at radius 3 is 2.43 bits per heavy atom. The van der Waals surface area contributed by atoms with Crippen LogP contribution in [0, 0.1) is 6.92 Å². The van der Waals surface area contributed by atoms with E-state index in [1.165, 1.54) is 16.7 Å². The summed E-state index contributed by atoms with van der Waals surface area (Å²) in [5, 5.41) is 21.5. The molecule has 0 unspecified atom stereocenters. The predicted molar refractivity (Wildman–Crippen MR) is 107 cm³/mol. The highest BCUT2D eigenvalue weighted by atomic mass is 79.9. The first-order valence-electron chi connectivity index (χ1n) is 8.39. The summed E-state index contributed by atoms with van der Waals surface area (Å²) < 4.78 is 2.34. The molecule has 0 fully saturated rings. The van der Waals surface area contributed by atoms with Gasteiger partial charge in [-0.3, -0.25) is 19.0 Å². The third kappa shape index (κ3) is 3.91. The fourth-order valence-electron chi connectivity index (χ4n) is 3.07. The van der Waals surface area contributed by atoms with E-state index in [1.54, 1.807) is 37.3 Å². The minimum atomic E-state index is -1.14. The summed E-state index contributed by atoms with van der Waals surface area (Å²) in [5.41, 5.74) is 2.14. The maximum Gasteiger partial charge on any atom is 0.322 e. The number of carbonyl (C=O) groups excluding carboxylic acids is 2. The summed E-state index contributed by atoms with van der Waals surface area (Å²) in [6.45, 7) is 1.23. The molecule has 0 spiro atoms. The van der Waals surface area contributed by atoms with Crippen LogP contribution < -0.4 is 5.32 Å². The highest BCUT2D eigenvalue weighted by Gasteiger charge is 2.22. The van der Waals surface area contributed by atoms with Crippen molar-refractivity contribution in [3.05, 3.63) is 63.8 Å². The van der Waals surface area contributed by atoms with Gasteiger partial charge in [-0.15, -0.1) is 0 Å². The minimum Gasteiger partial charge on any atom is -0.508 e. The fraction of sp³-hybridized carbons (Fsp3) is 0.150. The Hall–Kier alpha value is -3.13. The largest absolute Gasteiger partial charge is 0.508 e. The van der Waals surface area contributed by atoms with E-state index >= 15 is 0 Å². The number of aromatic hydroxyl groups is 1. The SMILES string of the molecule is Cc1c(CC(=O)NCC(=O)O)c2cc(O)ccc2n1C(=O)c1ccc(Br)cc1. The van der Waals surface area contributed by atoms with Gasteiger partial charge in [0.2, 0.25) is 5.91 Å². The number of amides is 1.